The van der Waals surface area contributed by atoms with Gasteiger partial charge >= 0.3 is 0 Å². The molecule has 0 spiro atoms. The maximum Gasteiger partial charge on any atom is 0.0470 e. The zero-order chi connectivity index (χ0) is 8.72. The average molecular weight is 224 g/mol. The van der Waals surface area contributed by atoms with E-state index >= 15 is 0 Å². The number of fused-ring (bicyclic) bond motifs is 1. The lowest BCUT2D eigenvalue weighted by Gasteiger charge is -1.91. The first-order valence-electron chi connectivity index (χ1n) is 3.93. The van der Waals surface area contributed by atoms with E-state index in [1.165, 1.54) is 26.6 Å². The molecule has 12 heavy (non-hydrogen) atoms. The minimum absolute atomic E-state index is 1.18. The highest BCUT2D eigenvalue weighted by atomic mass is 79.9. The summed E-state index contributed by atoms with van der Waals surface area (Å²) in [6.07, 6.45) is 0. The van der Waals surface area contributed by atoms with E-state index in [1.54, 1.807) is 0 Å². The summed E-state index contributed by atoms with van der Waals surface area (Å²) in [4.78, 5) is 3.32. The highest BCUT2D eigenvalue weighted by Crippen LogP contribution is 2.27. The topological polar surface area (TPSA) is 15.8 Å². The molecule has 2 rings (SSSR count). The van der Waals surface area contributed by atoms with E-state index in [4.69, 9.17) is 0 Å². The molecule has 0 bridgehead atoms. The van der Waals surface area contributed by atoms with Crippen LogP contribution in [0.5, 0.6) is 0 Å². The van der Waals surface area contributed by atoms with E-state index in [1.807, 2.05) is 0 Å². The molecule has 1 aromatic carbocycles. The van der Waals surface area contributed by atoms with Gasteiger partial charge in [0.2, 0.25) is 0 Å². The van der Waals surface area contributed by atoms with E-state index in [2.05, 4.69) is 53.0 Å². The number of nitrogens with one attached hydrogen (secondary N) is 1. The largest absolute Gasteiger partial charge is 0.358 e. The monoisotopic (exact) mass is 223 g/mol. The van der Waals surface area contributed by atoms with Gasteiger partial charge in [0.05, 0.1) is 0 Å². The third-order valence-electron chi connectivity index (χ3n) is 2.06. The Morgan fingerprint density at radius 2 is 2.00 bits per heavy atom. The minimum Gasteiger partial charge on any atom is -0.358 e. The molecule has 1 heterocycles. The summed E-state index contributed by atoms with van der Waals surface area (Å²) in [5, 5.41) is 1.26. The van der Waals surface area contributed by atoms with Crippen molar-refractivity contribution in [3.05, 3.63) is 33.9 Å². The Balaban J connectivity index is 2.87. The Kier molecular flexibility index (Phi) is 1.72. The zero-order valence-corrected chi connectivity index (χ0v) is 8.70. The zero-order valence-electron chi connectivity index (χ0n) is 7.11. The number of halogens is 1. The summed E-state index contributed by atoms with van der Waals surface area (Å²) in [5.74, 6) is 0. The predicted molar refractivity (Wildman–Crippen MR) is 55.5 cm³/mol. The number of hydrogen-bond acceptors (Lipinski definition) is 0. The van der Waals surface area contributed by atoms with Crippen molar-refractivity contribution in [3.8, 4) is 0 Å². The maximum atomic E-state index is 3.54. The Labute approximate surface area is 79.9 Å². The van der Waals surface area contributed by atoms with Crippen molar-refractivity contribution in [2.75, 3.05) is 0 Å². The lowest BCUT2D eigenvalue weighted by Crippen LogP contribution is -1.71. The molecule has 1 nitrogen and oxygen atoms in total. The Morgan fingerprint density at radius 1 is 1.25 bits per heavy atom. The van der Waals surface area contributed by atoms with E-state index in [0.29, 0.717) is 0 Å². The number of aromatic nitrogens is 1. The third kappa shape index (κ3) is 1.07. The fourth-order valence-corrected chi connectivity index (χ4v) is 1.86. The lowest BCUT2D eigenvalue weighted by atomic mass is 10.2. The van der Waals surface area contributed by atoms with Gasteiger partial charge in [-0.15, -0.1) is 0 Å². The average Bonchev–Trinajstić information content (AvgIpc) is 2.28. The minimum atomic E-state index is 1.18. The van der Waals surface area contributed by atoms with E-state index < -0.39 is 0 Å². The predicted octanol–water partition coefficient (Wildman–Crippen LogP) is 3.55. The normalized spacial score (nSPS) is 10.9. The lowest BCUT2D eigenvalue weighted by molar-refractivity contribution is 1.28. The fourth-order valence-electron chi connectivity index (χ4n) is 1.41. The second-order valence-electron chi connectivity index (χ2n) is 3.11. The van der Waals surface area contributed by atoms with Crippen LogP contribution in [0.1, 0.15) is 11.3 Å². The van der Waals surface area contributed by atoms with Gasteiger partial charge in [-0.05, 0) is 41.4 Å². The number of H-pyrrole nitrogens is 1. The first-order valence-corrected chi connectivity index (χ1v) is 4.72. The summed E-state index contributed by atoms with van der Waals surface area (Å²) in [6.45, 7) is 4.17. The van der Waals surface area contributed by atoms with Crippen LogP contribution in [-0.2, 0) is 0 Å². The molecule has 1 N–H and O–H groups in total. The Morgan fingerprint density at radius 3 is 2.75 bits per heavy atom. The van der Waals surface area contributed by atoms with Gasteiger partial charge in [-0.3, -0.25) is 0 Å². The molecule has 0 saturated carbocycles. The smallest absolute Gasteiger partial charge is 0.0470 e. The first-order chi connectivity index (χ1) is 5.68. The van der Waals surface area contributed by atoms with Crippen LogP contribution in [0.3, 0.4) is 0 Å². The Bertz CT molecular complexity index is 429. The van der Waals surface area contributed by atoms with Gasteiger partial charge in [-0.25, -0.2) is 0 Å². The van der Waals surface area contributed by atoms with Crippen molar-refractivity contribution in [2.24, 2.45) is 0 Å². The SMILES string of the molecule is Cc1ccc2c(Br)c(C)[nH]c2c1. The summed E-state index contributed by atoms with van der Waals surface area (Å²) in [6, 6.07) is 6.42. The van der Waals surface area contributed by atoms with Gasteiger partial charge in [0, 0.05) is 21.1 Å². The van der Waals surface area contributed by atoms with Crippen LogP contribution >= 0.6 is 15.9 Å². The second-order valence-corrected chi connectivity index (χ2v) is 3.91. The molecule has 0 aliphatic rings. The standard InChI is InChI=1S/C10H10BrN/c1-6-3-4-8-9(5-6)12-7(2)10(8)11/h3-5,12H,1-2H3. The van der Waals surface area contributed by atoms with E-state index in [0.717, 1.165) is 0 Å². The van der Waals surface area contributed by atoms with Gasteiger partial charge in [-0.1, -0.05) is 12.1 Å². The van der Waals surface area contributed by atoms with Gasteiger partial charge in [-0.2, -0.15) is 0 Å². The summed E-state index contributed by atoms with van der Waals surface area (Å²) in [5.41, 5.74) is 3.69. The molecule has 2 heteroatoms. The van der Waals surface area contributed by atoms with Gasteiger partial charge < -0.3 is 4.98 Å². The molecule has 0 saturated heterocycles. The number of rotatable bonds is 0. The van der Waals surface area contributed by atoms with Crippen molar-refractivity contribution in [1.29, 1.82) is 0 Å². The van der Waals surface area contributed by atoms with Crippen molar-refractivity contribution in [1.82, 2.24) is 4.98 Å². The first kappa shape index (κ1) is 7.87. The van der Waals surface area contributed by atoms with Gasteiger partial charge in [0.1, 0.15) is 0 Å². The summed E-state index contributed by atoms with van der Waals surface area (Å²) in [7, 11) is 0. The van der Waals surface area contributed by atoms with Crippen LogP contribution in [0.2, 0.25) is 0 Å². The Hall–Kier alpha value is -0.760. The number of aromatic amines is 1. The van der Waals surface area contributed by atoms with Crippen LogP contribution in [0.15, 0.2) is 22.7 Å². The van der Waals surface area contributed by atoms with Crippen LogP contribution in [0.4, 0.5) is 0 Å². The molecule has 0 aliphatic heterocycles. The number of hydrogen-bond donors (Lipinski definition) is 1. The molecule has 0 atom stereocenters. The van der Waals surface area contributed by atoms with Crippen molar-refractivity contribution in [2.45, 2.75) is 13.8 Å². The molecule has 0 unspecified atom stereocenters. The molecule has 1 aromatic heterocycles. The summed E-state index contributed by atoms with van der Waals surface area (Å²) < 4.78 is 1.18. The quantitative estimate of drug-likeness (QED) is 0.704. The molecular weight excluding hydrogens is 214 g/mol. The van der Waals surface area contributed by atoms with Crippen molar-refractivity contribution in [3.63, 3.8) is 0 Å². The molecule has 0 amide bonds. The molecular formula is C10H10BrN. The highest BCUT2D eigenvalue weighted by Gasteiger charge is 2.03. The molecule has 0 radical (unpaired) electrons. The third-order valence-corrected chi connectivity index (χ3v) is 3.08. The summed E-state index contributed by atoms with van der Waals surface area (Å²) >= 11 is 3.54. The molecule has 0 aliphatic carbocycles. The van der Waals surface area contributed by atoms with E-state index in [-0.39, 0.29) is 0 Å². The van der Waals surface area contributed by atoms with Crippen LogP contribution in [0.25, 0.3) is 10.9 Å². The van der Waals surface area contributed by atoms with Crippen LogP contribution < -0.4 is 0 Å². The van der Waals surface area contributed by atoms with Crippen LogP contribution in [-0.4, -0.2) is 4.98 Å². The molecule has 2 aromatic rings. The van der Waals surface area contributed by atoms with E-state index in [9.17, 15) is 0 Å². The number of benzene rings is 1. The molecule has 62 valence electrons. The van der Waals surface area contributed by atoms with Gasteiger partial charge in [0.25, 0.3) is 0 Å². The molecule has 0 fully saturated rings. The highest BCUT2D eigenvalue weighted by molar-refractivity contribution is 9.10. The number of aryl methyl sites for hydroxylation is 2. The van der Waals surface area contributed by atoms with Crippen molar-refractivity contribution >= 4 is 26.8 Å². The van der Waals surface area contributed by atoms with Gasteiger partial charge in [0.15, 0.2) is 0 Å². The fraction of sp³-hybridized carbons (Fsp3) is 0.200. The second kappa shape index (κ2) is 2.63. The van der Waals surface area contributed by atoms with Crippen molar-refractivity contribution < 1.29 is 0 Å². The maximum absolute atomic E-state index is 3.54. The van der Waals surface area contributed by atoms with Crippen LogP contribution in [0, 0.1) is 13.8 Å².